The van der Waals surface area contributed by atoms with Gasteiger partial charge in [-0.05, 0) is 25.0 Å². The lowest BCUT2D eigenvalue weighted by molar-refractivity contribution is -0.0980. The van der Waals surface area contributed by atoms with E-state index >= 15 is 0 Å². The number of ether oxygens (including phenoxy) is 1. The quantitative estimate of drug-likeness (QED) is 0.880. The van der Waals surface area contributed by atoms with Gasteiger partial charge in [0.1, 0.15) is 6.79 Å². The summed E-state index contributed by atoms with van der Waals surface area (Å²) >= 11 is 0. The monoisotopic (exact) mass is 317 g/mol. The summed E-state index contributed by atoms with van der Waals surface area (Å²) in [4.78, 5) is 19.8. The number of fused-ring (bicyclic) bond motifs is 1. The van der Waals surface area contributed by atoms with E-state index < -0.39 is 0 Å². The molecule has 1 fully saturated rings. The predicted molar refractivity (Wildman–Crippen MR) is 89.9 cm³/mol. The Morgan fingerprint density at radius 3 is 2.61 bits per heavy atom. The van der Waals surface area contributed by atoms with E-state index in [-0.39, 0.29) is 5.97 Å². The number of nitrogens with one attached hydrogen (secondary N) is 1. The molecule has 0 atom stereocenters. The summed E-state index contributed by atoms with van der Waals surface area (Å²) < 4.78 is 6.91. The van der Waals surface area contributed by atoms with Crippen LogP contribution in [0.4, 0.5) is 5.69 Å². The molecule has 1 aromatic carbocycles. The lowest BCUT2D eigenvalue weighted by Gasteiger charge is -2.21. The van der Waals surface area contributed by atoms with Crippen LogP contribution in [-0.4, -0.2) is 36.7 Å². The molecule has 6 heteroatoms. The van der Waals surface area contributed by atoms with E-state index in [9.17, 15) is 4.79 Å². The van der Waals surface area contributed by atoms with Crippen LogP contribution in [0.3, 0.4) is 0 Å². The molecule has 0 bridgehead atoms. The lowest BCUT2D eigenvalue weighted by Crippen LogP contribution is -2.12. The molecular formula is C17H23N3O3. The number of aromatic nitrogens is 2. The molecule has 0 spiro atoms. The smallest absolute Gasteiger partial charge is 0.340 e. The molecule has 1 saturated carbocycles. The third-order valence-corrected chi connectivity index (χ3v) is 4.28. The Hall–Kier alpha value is -2.37. The second kappa shape index (κ2) is 7.76. The van der Waals surface area contributed by atoms with E-state index in [1.54, 1.807) is 7.05 Å². The van der Waals surface area contributed by atoms with Gasteiger partial charge in [0.05, 0.1) is 24.2 Å². The second-order valence-corrected chi connectivity index (χ2v) is 5.60. The Bertz CT molecular complexity index is 675. The van der Waals surface area contributed by atoms with Crippen molar-refractivity contribution in [3.05, 3.63) is 23.9 Å². The Morgan fingerprint density at radius 2 is 2.00 bits per heavy atom. The number of nitrogens with zero attached hydrogens (tertiary/aromatic N) is 2. The molecule has 1 heterocycles. The molecule has 1 aromatic heterocycles. The van der Waals surface area contributed by atoms with E-state index in [1.807, 2.05) is 18.9 Å². The van der Waals surface area contributed by atoms with Crippen molar-refractivity contribution in [1.29, 1.82) is 0 Å². The van der Waals surface area contributed by atoms with Gasteiger partial charge in [-0.25, -0.2) is 4.79 Å². The largest absolute Gasteiger partial charge is 0.465 e. The number of benzene rings is 1. The maximum absolute atomic E-state index is 11.8. The Balaban J connectivity index is 0.000000924. The van der Waals surface area contributed by atoms with Crippen LogP contribution in [-0.2, 0) is 9.53 Å². The maximum Gasteiger partial charge on any atom is 0.340 e. The number of hydrogen-bond acceptors (Lipinski definition) is 5. The van der Waals surface area contributed by atoms with Gasteiger partial charge in [0.2, 0.25) is 0 Å². The van der Waals surface area contributed by atoms with Gasteiger partial charge in [-0.1, -0.05) is 19.3 Å². The minimum absolute atomic E-state index is 0.339. The molecule has 1 aliphatic carbocycles. The standard InChI is InChI=1S/C16H21N3O2.CH2O/c1-17-15-8-11-10-19(12-6-4-3-5-7-12)18-14(11)9-13(15)16(20)21-2;1-2/h8-10,12,17H,3-7H2,1-2H3;1H2. The Labute approximate surface area is 135 Å². The van der Waals surface area contributed by atoms with Gasteiger partial charge in [0.15, 0.2) is 0 Å². The molecule has 0 radical (unpaired) electrons. The van der Waals surface area contributed by atoms with Gasteiger partial charge in [0, 0.05) is 24.3 Å². The first-order valence-electron chi connectivity index (χ1n) is 7.81. The van der Waals surface area contributed by atoms with Crippen LogP contribution in [0.15, 0.2) is 18.3 Å². The first-order valence-corrected chi connectivity index (χ1v) is 7.81. The van der Waals surface area contributed by atoms with Gasteiger partial charge >= 0.3 is 5.97 Å². The van der Waals surface area contributed by atoms with Crippen molar-refractivity contribution in [1.82, 2.24) is 9.78 Å². The molecular weight excluding hydrogens is 294 g/mol. The number of carbonyl (C=O) groups excluding carboxylic acids is 2. The van der Waals surface area contributed by atoms with Gasteiger partial charge in [-0.15, -0.1) is 0 Å². The van der Waals surface area contributed by atoms with E-state index in [4.69, 9.17) is 9.53 Å². The van der Waals surface area contributed by atoms with Crippen molar-refractivity contribution in [3.63, 3.8) is 0 Å². The fourth-order valence-corrected chi connectivity index (χ4v) is 3.11. The number of rotatable bonds is 3. The zero-order valence-corrected chi connectivity index (χ0v) is 13.7. The third-order valence-electron chi connectivity index (χ3n) is 4.28. The molecule has 0 amide bonds. The van der Waals surface area contributed by atoms with Crippen molar-refractivity contribution < 1.29 is 14.3 Å². The zero-order valence-electron chi connectivity index (χ0n) is 13.7. The molecule has 2 aromatic rings. The van der Waals surface area contributed by atoms with E-state index in [1.165, 1.54) is 39.2 Å². The van der Waals surface area contributed by atoms with Gasteiger partial charge in [-0.2, -0.15) is 5.10 Å². The van der Waals surface area contributed by atoms with Gasteiger partial charge in [0.25, 0.3) is 0 Å². The van der Waals surface area contributed by atoms with Gasteiger partial charge in [-0.3, -0.25) is 4.68 Å². The fourth-order valence-electron chi connectivity index (χ4n) is 3.11. The number of methoxy groups -OCH3 is 1. The van der Waals surface area contributed by atoms with Crippen LogP contribution in [0.5, 0.6) is 0 Å². The van der Waals surface area contributed by atoms with Crippen molar-refractivity contribution in [2.75, 3.05) is 19.5 Å². The summed E-state index contributed by atoms with van der Waals surface area (Å²) in [6.45, 7) is 2.00. The molecule has 0 aliphatic heterocycles. The van der Waals surface area contributed by atoms with Crippen LogP contribution in [0.1, 0.15) is 48.5 Å². The maximum atomic E-state index is 11.8. The summed E-state index contributed by atoms with van der Waals surface area (Å²) in [5.74, 6) is -0.339. The highest BCUT2D eigenvalue weighted by molar-refractivity contribution is 6.00. The first-order chi connectivity index (χ1) is 11.2. The molecule has 3 rings (SSSR count). The molecule has 1 aliphatic rings. The molecule has 124 valence electrons. The van der Waals surface area contributed by atoms with Crippen LogP contribution < -0.4 is 5.32 Å². The number of anilines is 1. The highest BCUT2D eigenvalue weighted by Gasteiger charge is 2.18. The van der Waals surface area contributed by atoms with Crippen molar-refractivity contribution in [2.24, 2.45) is 0 Å². The first kappa shape index (κ1) is 17.0. The molecule has 1 N–H and O–H groups in total. The Kier molecular flexibility index (Phi) is 5.73. The zero-order chi connectivity index (χ0) is 16.8. The number of hydrogen-bond donors (Lipinski definition) is 1. The topological polar surface area (TPSA) is 73.2 Å². The normalized spacial score (nSPS) is 14.9. The fraction of sp³-hybridized carbons (Fsp3) is 0.471. The predicted octanol–water partition coefficient (Wildman–Crippen LogP) is 3.18. The molecule has 23 heavy (non-hydrogen) atoms. The van der Waals surface area contributed by atoms with Crippen LogP contribution >= 0.6 is 0 Å². The van der Waals surface area contributed by atoms with Crippen LogP contribution in [0.2, 0.25) is 0 Å². The Morgan fingerprint density at radius 1 is 1.30 bits per heavy atom. The van der Waals surface area contributed by atoms with Crippen molar-refractivity contribution in [3.8, 4) is 0 Å². The van der Waals surface area contributed by atoms with E-state index in [0.717, 1.165) is 16.6 Å². The highest BCUT2D eigenvalue weighted by Crippen LogP contribution is 2.30. The summed E-state index contributed by atoms with van der Waals surface area (Å²) in [5.41, 5.74) is 2.15. The molecule has 6 nitrogen and oxygen atoms in total. The summed E-state index contributed by atoms with van der Waals surface area (Å²) in [5, 5.41) is 8.78. The summed E-state index contributed by atoms with van der Waals surface area (Å²) in [7, 11) is 3.20. The van der Waals surface area contributed by atoms with Crippen molar-refractivity contribution in [2.45, 2.75) is 38.1 Å². The van der Waals surface area contributed by atoms with E-state index in [2.05, 4.69) is 21.3 Å². The van der Waals surface area contributed by atoms with Gasteiger partial charge < -0.3 is 14.8 Å². The average molecular weight is 317 g/mol. The minimum atomic E-state index is -0.339. The van der Waals surface area contributed by atoms with Crippen LogP contribution in [0.25, 0.3) is 10.9 Å². The lowest BCUT2D eigenvalue weighted by atomic mass is 9.96. The molecule has 0 saturated heterocycles. The SMILES string of the molecule is C=O.CNc1cc2cn(C3CCCCC3)nc2cc1C(=O)OC. The highest BCUT2D eigenvalue weighted by atomic mass is 16.5. The minimum Gasteiger partial charge on any atom is -0.465 e. The number of esters is 1. The van der Waals surface area contributed by atoms with E-state index in [0.29, 0.717) is 11.6 Å². The third kappa shape index (κ3) is 3.52. The number of carbonyl (C=O) groups is 2. The average Bonchev–Trinajstić information content (AvgIpc) is 3.05. The summed E-state index contributed by atoms with van der Waals surface area (Å²) in [6.07, 6.45) is 8.35. The molecule has 0 unspecified atom stereocenters. The second-order valence-electron chi connectivity index (χ2n) is 5.60. The summed E-state index contributed by atoms with van der Waals surface area (Å²) in [6, 6.07) is 4.27. The van der Waals surface area contributed by atoms with Crippen LogP contribution in [0, 0.1) is 0 Å². The van der Waals surface area contributed by atoms with Crippen molar-refractivity contribution >= 4 is 29.3 Å².